The van der Waals surface area contributed by atoms with E-state index in [9.17, 15) is 9.59 Å². The number of primary amides is 1. The van der Waals surface area contributed by atoms with Crippen LogP contribution in [-0.2, 0) is 9.59 Å². The Labute approximate surface area is 104 Å². The van der Waals surface area contributed by atoms with Gasteiger partial charge in [-0.2, -0.15) is 0 Å². The normalized spacial score (nSPS) is 10.9. The van der Waals surface area contributed by atoms with E-state index < -0.39 is 11.9 Å². The van der Waals surface area contributed by atoms with Gasteiger partial charge in [0.1, 0.15) is 5.75 Å². The number of hydrogen-bond acceptors (Lipinski definition) is 3. The smallest absolute Gasteiger partial charge is 0.328 e. The third-order valence-corrected chi connectivity index (χ3v) is 2.10. The lowest BCUT2D eigenvalue weighted by atomic mass is 10.1. The monoisotopic (exact) mass is 247 g/mol. The first-order valence-corrected chi connectivity index (χ1v) is 5.09. The van der Waals surface area contributed by atoms with E-state index in [0.717, 1.165) is 11.6 Å². The number of carboxylic acid groups (broad SMARTS) is 1. The molecular weight excluding hydrogens is 234 g/mol. The molecule has 0 spiro atoms. The number of benzene rings is 1. The molecule has 0 fully saturated rings. The predicted molar refractivity (Wildman–Crippen MR) is 67.9 cm³/mol. The van der Waals surface area contributed by atoms with Gasteiger partial charge in [0, 0.05) is 17.7 Å². The average Bonchev–Trinajstić information content (AvgIpc) is 2.33. The van der Waals surface area contributed by atoms with E-state index in [-0.39, 0.29) is 0 Å². The summed E-state index contributed by atoms with van der Waals surface area (Å²) in [6.07, 6.45) is 5.20. The first-order valence-electron chi connectivity index (χ1n) is 5.09. The van der Waals surface area contributed by atoms with Gasteiger partial charge < -0.3 is 15.6 Å². The van der Waals surface area contributed by atoms with Gasteiger partial charge in [0.15, 0.2) is 0 Å². The van der Waals surface area contributed by atoms with Crippen LogP contribution >= 0.6 is 0 Å². The number of aliphatic carboxylic acids is 1. The van der Waals surface area contributed by atoms with Crippen molar-refractivity contribution in [1.29, 1.82) is 0 Å². The summed E-state index contributed by atoms with van der Waals surface area (Å²) in [5.41, 5.74) is 6.32. The van der Waals surface area contributed by atoms with Crippen molar-refractivity contribution < 1.29 is 19.4 Å². The van der Waals surface area contributed by atoms with Crippen LogP contribution in [0.15, 0.2) is 30.4 Å². The highest BCUT2D eigenvalue weighted by molar-refractivity contribution is 5.90. The Morgan fingerprint density at radius 2 is 2.00 bits per heavy atom. The van der Waals surface area contributed by atoms with Gasteiger partial charge in [-0.3, -0.25) is 4.79 Å². The lowest BCUT2D eigenvalue weighted by Crippen LogP contribution is -2.05. The van der Waals surface area contributed by atoms with E-state index in [1.165, 1.54) is 19.3 Å². The van der Waals surface area contributed by atoms with E-state index >= 15 is 0 Å². The molecule has 0 heterocycles. The molecule has 0 aliphatic carbocycles. The van der Waals surface area contributed by atoms with Crippen molar-refractivity contribution >= 4 is 24.0 Å². The van der Waals surface area contributed by atoms with Gasteiger partial charge in [-0.05, 0) is 29.8 Å². The molecule has 0 atom stereocenters. The number of carbonyl (C=O) groups excluding carboxylic acids is 1. The predicted octanol–water partition coefficient (Wildman–Crippen LogP) is 1.29. The largest absolute Gasteiger partial charge is 0.496 e. The van der Waals surface area contributed by atoms with E-state index in [0.29, 0.717) is 11.3 Å². The zero-order valence-corrected chi connectivity index (χ0v) is 9.79. The molecule has 0 radical (unpaired) electrons. The molecule has 0 unspecified atom stereocenters. The zero-order chi connectivity index (χ0) is 13.5. The molecular formula is C13H13NO4. The van der Waals surface area contributed by atoms with Crippen LogP contribution in [0, 0.1) is 0 Å². The Hall–Kier alpha value is -2.56. The minimum absolute atomic E-state index is 0.545. The summed E-state index contributed by atoms with van der Waals surface area (Å²) in [4.78, 5) is 21.1. The van der Waals surface area contributed by atoms with Crippen LogP contribution in [-0.4, -0.2) is 24.1 Å². The third-order valence-electron chi connectivity index (χ3n) is 2.10. The molecule has 0 saturated carbocycles. The first kappa shape index (κ1) is 13.5. The van der Waals surface area contributed by atoms with E-state index in [2.05, 4.69) is 0 Å². The summed E-state index contributed by atoms with van der Waals surface area (Å²) in [5.74, 6) is -1.05. The van der Waals surface area contributed by atoms with Crippen LogP contribution in [0.2, 0.25) is 0 Å². The third kappa shape index (κ3) is 4.13. The zero-order valence-electron chi connectivity index (χ0n) is 9.79. The number of methoxy groups -OCH3 is 1. The summed E-state index contributed by atoms with van der Waals surface area (Å²) < 4.78 is 5.10. The SMILES string of the molecule is COc1ccc(C=CC(N)=O)cc1/C=C/C(=O)O. The molecule has 3 N–H and O–H groups in total. The molecule has 1 rings (SSSR count). The molecule has 94 valence electrons. The van der Waals surface area contributed by atoms with Crippen molar-refractivity contribution in [3.8, 4) is 5.75 Å². The quantitative estimate of drug-likeness (QED) is 0.767. The van der Waals surface area contributed by atoms with Gasteiger partial charge in [-0.25, -0.2) is 4.79 Å². The van der Waals surface area contributed by atoms with Crippen molar-refractivity contribution in [1.82, 2.24) is 0 Å². The van der Waals surface area contributed by atoms with Crippen LogP contribution in [0.3, 0.4) is 0 Å². The standard InChI is InChI=1S/C13H13NO4/c1-18-11-5-2-9(3-6-12(14)15)8-10(11)4-7-13(16)17/h2-8H,1H3,(H2,14,15)(H,16,17)/b6-3?,7-4+. The van der Waals surface area contributed by atoms with Crippen molar-refractivity contribution in [2.45, 2.75) is 0 Å². The highest BCUT2D eigenvalue weighted by Gasteiger charge is 2.01. The number of ether oxygens (including phenoxy) is 1. The Morgan fingerprint density at radius 1 is 1.28 bits per heavy atom. The van der Waals surface area contributed by atoms with Crippen LogP contribution < -0.4 is 10.5 Å². The minimum atomic E-state index is -1.05. The van der Waals surface area contributed by atoms with Crippen LogP contribution in [0.5, 0.6) is 5.75 Å². The minimum Gasteiger partial charge on any atom is -0.496 e. The van der Waals surface area contributed by atoms with Crippen molar-refractivity contribution in [2.24, 2.45) is 5.73 Å². The molecule has 0 saturated heterocycles. The lowest BCUT2D eigenvalue weighted by Gasteiger charge is -2.05. The van der Waals surface area contributed by atoms with Gasteiger partial charge in [-0.15, -0.1) is 0 Å². The second kappa shape index (κ2) is 6.24. The molecule has 1 aromatic rings. The van der Waals surface area contributed by atoms with E-state index in [4.69, 9.17) is 15.6 Å². The van der Waals surface area contributed by atoms with Crippen LogP contribution in [0.4, 0.5) is 0 Å². The molecule has 0 bridgehead atoms. The molecule has 5 heteroatoms. The molecule has 1 amide bonds. The highest BCUT2D eigenvalue weighted by atomic mass is 16.5. The van der Waals surface area contributed by atoms with Crippen LogP contribution in [0.25, 0.3) is 12.2 Å². The number of rotatable bonds is 5. The maximum Gasteiger partial charge on any atom is 0.328 e. The number of carboxylic acids is 1. The molecule has 18 heavy (non-hydrogen) atoms. The highest BCUT2D eigenvalue weighted by Crippen LogP contribution is 2.22. The summed E-state index contributed by atoms with van der Waals surface area (Å²) >= 11 is 0. The lowest BCUT2D eigenvalue weighted by molar-refractivity contribution is -0.131. The molecule has 5 nitrogen and oxygen atoms in total. The topological polar surface area (TPSA) is 89.6 Å². The second-order valence-corrected chi connectivity index (χ2v) is 3.41. The fourth-order valence-electron chi connectivity index (χ4n) is 1.33. The maximum atomic E-state index is 10.6. The number of hydrogen-bond donors (Lipinski definition) is 2. The van der Waals surface area contributed by atoms with Crippen molar-refractivity contribution in [3.05, 3.63) is 41.5 Å². The fraction of sp³-hybridized carbons (Fsp3) is 0.0769. The molecule has 0 aromatic heterocycles. The molecule has 1 aromatic carbocycles. The van der Waals surface area contributed by atoms with Gasteiger partial charge >= 0.3 is 5.97 Å². The van der Waals surface area contributed by atoms with Crippen molar-refractivity contribution in [3.63, 3.8) is 0 Å². The number of nitrogens with two attached hydrogens (primary N) is 1. The summed E-state index contributed by atoms with van der Waals surface area (Å²) in [6, 6.07) is 5.11. The van der Waals surface area contributed by atoms with Crippen molar-refractivity contribution in [2.75, 3.05) is 7.11 Å². The second-order valence-electron chi connectivity index (χ2n) is 3.41. The van der Waals surface area contributed by atoms with Gasteiger partial charge in [-0.1, -0.05) is 6.07 Å². The Bertz CT molecular complexity index is 518. The van der Waals surface area contributed by atoms with E-state index in [1.807, 2.05) is 0 Å². The molecule has 0 aliphatic rings. The summed E-state index contributed by atoms with van der Waals surface area (Å²) in [5, 5.41) is 8.58. The number of amides is 1. The maximum absolute atomic E-state index is 10.6. The summed E-state index contributed by atoms with van der Waals surface area (Å²) in [7, 11) is 1.49. The Morgan fingerprint density at radius 3 is 2.56 bits per heavy atom. The van der Waals surface area contributed by atoms with Gasteiger partial charge in [0.2, 0.25) is 5.91 Å². The van der Waals surface area contributed by atoms with Gasteiger partial charge in [0.05, 0.1) is 7.11 Å². The van der Waals surface area contributed by atoms with Gasteiger partial charge in [0.25, 0.3) is 0 Å². The number of carbonyl (C=O) groups is 2. The Balaban J connectivity index is 3.09. The van der Waals surface area contributed by atoms with E-state index in [1.54, 1.807) is 24.3 Å². The Kier molecular flexibility index (Phi) is 4.68. The molecule has 0 aliphatic heterocycles. The fourth-order valence-corrected chi connectivity index (χ4v) is 1.33. The first-order chi connectivity index (χ1) is 8.52. The average molecular weight is 247 g/mol. The summed E-state index contributed by atoms with van der Waals surface area (Å²) in [6.45, 7) is 0. The van der Waals surface area contributed by atoms with Crippen LogP contribution in [0.1, 0.15) is 11.1 Å².